The van der Waals surface area contributed by atoms with Gasteiger partial charge in [0, 0.05) is 13.6 Å². The summed E-state index contributed by atoms with van der Waals surface area (Å²) >= 11 is 6.10. The fourth-order valence-electron chi connectivity index (χ4n) is 3.66. The molecule has 2 heterocycles. The number of halogens is 1. The van der Waals surface area contributed by atoms with Gasteiger partial charge in [-0.1, -0.05) is 19.8 Å². The van der Waals surface area contributed by atoms with Gasteiger partial charge in [-0.3, -0.25) is 4.68 Å². The maximum Gasteiger partial charge on any atom is 0.158 e. The number of alkyl halides is 1. The maximum absolute atomic E-state index is 6.10. The van der Waals surface area contributed by atoms with Crippen LogP contribution in [0.4, 0.5) is 0 Å². The number of aryl methyl sites for hydroxylation is 2. The molecule has 3 rings (SSSR count). The van der Waals surface area contributed by atoms with Crippen LogP contribution in [0.2, 0.25) is 0 Å². The van der Waals surface area contributed by atoms with Crippen molar-refractivity contribution in [2.24, 2.45) is 18.9 Å². The van der Waals surface area contributed by atoms with Crippen molar-refractivity contribution in [1.82, 2.24) is 19.3 Å². The largest absolute Gasteiger partial charge is 0.312 e. The first-order valence-corrected chi connectivity index (χ1v) is 8.08. The van der Waals surface area contributed by atoms with Crippen molar-refractivity contribution in [1.29, 1.82) is 0 Å². The minimum absolute atomic E-state index is 0.469. The molecule has 2 aromatic rings. The third-order valence-corrected chi connectivity index (χ3v) is 4.81. The Bertz CT molecular complexity index is 613. The highest BCUT2D eigenvalue weighted by Crippen LogP contribution is 2.31. The zero-order chi connectivity index (χ0) is 14.3. The summed E-state index contributed by atoms with van der Waals surface area (Å²) in [5.41, 5.74) is 3.12. The summed E-state index contributed by atoms with van der Waals surface area (Å²) in [6.45, 7) is 5.41. The van der Waals surface area contributed by atoms with E-state index in [1.165, 1.54) is 25.7 Å². The van der Waals surface area contributed by atoms with Crippen LogP contribution in [0.5, 0.6) is 0 Å². The molecule has 2 atom stereocenters. The lowest BCUT2D eigenvalue weighted by atomic mass is 9.82. The van der Waals surface area contributed by atoms with E-state index in [4.69, 9.17) is 11.6 Å². The SMILES string of the molecule is Cc1nn(C)c2c1nc(CCl)n2CC1CCCC(C)C1. The first-order valence-electron chi connectivity index (χ1n) is 7.54. The molecule has 1 fully saturated rings. The van der Waals surface area contributed by atoms with Crippen molar-refractivity contribution in [3.8, 4) is 0 Å². The van der Waals surface area contributed by atoms with Gasteiger partial charge >= 0.3 is 0 Å². The van der Waals surface area contributed by atoms with E-state index in [-0.39, 0.29) is 0 Å². The average molecular weight is 295 g/mol. The first-order chi connectivity index (χ1) is 9.60. The molecule has 1 aliphatic carbocycles. The van der Waals surface area contributed by atoms with Crippen molar-refractivity contribution in [2.45, 2.75) is 52.0 Å². The molecule has 0 N–H and O–H groups in total. The maximum atomic E-state index is 6.10. The Morgan fingerprint density at radius 1 is 1.35 bits per heavy atom. The predicted molar refractivity (Wildman–Crippen MR) is 81.9 cm³/mol. The zero-order valence-corrected chi connectivity index (χ0v) is 13.3. The summed E-state index contributed by atoms with van der Waals surface area (Å²) in [6.07, 6.45) is 5.37. The van der Waals surface area contributed by atoms with E-state index in [2.05, 4.69) is 21.6 Å². The Kier molecular flexibility index (Phi) is 3.76. The van der Waals surface area contributed by atoms with Gasteiger partial charge in [-0.15, -0.1) is 11.6 Å². The van der Waals surface area contributed by atoms with Gasteiger partial charge in [0.15, 0.2) is 5.65 Å². The minimum Gasteiger partial charge on any atom is -0.312 e. The molecule has 0 amide bonds. The normalized spacial score (nSPS) is 23.6. The molecule has 0 aliphatic heterocycles. The Morgan fingerprint density at radius 2 is 2.15 bits per heavy atom. The van der Waals surface area contributed by atoms with Crippen LogP contribution in [-0.2, 0) is 19.5 Å². The number of hydrogen-bond acceptors (Lipinski definition) is 2. The monoisotopic (exact) mass is 294 g/mol. The first kappa shape index (κ1) is 13.9. The van der Waals surface area contributed by atoms with Crippen LogP contribution in [0, 0.1) is 18.8 Å². The molecule has 5 heteroatoms. The number of aromatic nitrogens is 4. The molecule has 1 saturated carbocycles. The van der Waals surface area contributed by atoms with Gasteiger partial charge in [0.1, 0.15) is 11.3 Å². The van der Waals surface area contributed by atoms with Crippen LogP contribution in [-0.4, -0.2) is 19.3 Å². The summed E-state index contributed by atoms with van der Waals surface area (Å²) in [4.78, 5) is 4.68. The van der Waals surface area contributed by atoms with Crippen molar-refractivity contribution < 1.29 is 0 Å². The van der Waals surface area contributed by atoms with E-state index in [9.17, 15) is 0 Å². The molecule has 0 aromatic carbocycles. The van der Waals surface area contributed by atoms with Gasteiger partial charge in [-0.05, 0) is 31.6 Å². The Morgan fingerprint density at radius 3 is 2.85 bits per heavy atom. The summed E-state index contributed by atoms with van der Waals surface area (Å²) in [5, 5.41) is 4.48. The van der Waals surface area contributed by atoms with Crippen molar-refractivity contribution in [3.05, 3.63) is 11.5 Å². The van der Waals surface area contributed by atoms with Crippen molar-refractivity contribution >= 4 is 22.8 Å². The number of fused-ring (bicyclic) bond motifs is 1. The lowest BCUT2D eigenvalue weighted by molar-refractivity contribution is 0.256. The highest BCUT2D eigenvalue weighted by atomic mass is 35.5. The highest BCUT2D eigenvalue weighted by Gasteiger charge is 2.23. The molecule has 1 aliphatic rings. The molecule has 4 nitrogen and oxygen atoms in total. The smallest absolute Gasteiger partial charge is 0.158 e. The van der Waals surface area contributed by atoms with Crippen LogP contribution in [0.25, 0.3) is 11.2 Å². The molecular formula is C15H23ClN4. The molecule has 20 heavy (non-hydrogen) atoms. The van der Waals surface area contributed by atoms with Gasteiger partial charge in [0.2, 0.25) is 0 Å². The van der Waals surface area contributed by atoms with Gasteiger partial charge in [-0.2, -0.15) is 5.10 Å². The standard InChI is InChI=1S/C15H23ClN4/c1-10-5-4-6-12(7-10)9-20-13(8-16)17-14-11(2)18-19(3)15(14)20/h10,12H,4-9H2,1-3H3. The van der Waals surface area contributed by atoms with Crippen molar-refractivity contribution in [2.75, 3.05) is 0 Å². The van der Waals surface area contributed by atoms with Gasteiger partial charge < -0.3 is 4.57 Å². The van der Waals surface area contributed by atoms with Crippen LogP contribution in [0.1, 0.15) is 44.1 Å². The molecular weight excluding hydrogens is 272 g/mol. The second kappa shape index (κ2) is 5.40. The quantitative estimate of drug-likeness (QED) is 0.810. The van der Waals surface area contributed by atoms with E-state index in [0.717, 1.165) is 41.1 Å². The lowest BCUT2D eigenvalue weighted by Crippen LogP contribution is -2.20. The average Bonchev–Trinajstić information content (AvgIpc) is 2.89. The summed E-state index contributed by atoms with van der Waals surface area (Å²) in [5.74, 6) is 3.04. The topological polar surface area (TPSA) is 35.6 Å². The Labute approximate surface area is 125 Å². The molecule has 110 valence electrons. The summed E-state index contributed by atoms with van der Waals surface area (Å²) < 4.78 is 4.24. The molecule has 0 spiro atoms. The minimum atomic E-state index is 0.469. The molecule has 0 radical (unpaired) electrons. The van der Waals surface area contributed by atoms with Gasteiger partial charge in [0.25, 0.3) is 0 Å². The van der Waals surface area contributed by atoms with E-state index in [1.54, 1.807) is 0 Å². The number of imidazole rings is 1. The fourth-order valence-corrected chi connectivity index (χ4v) is 3.86. The second-order valence-corrected chi connectivity index (χ2v) is 6.56. The predicted octanol–water partition coefficient (Wildman–Crippen LogP) is 3.64. The number of nitrogens with zero attached hydrogens (tertiary/aromatic N) is 4. The second-order valence-electron chi connectivity index (χ2n) is 6.29. The van der Waals surface area contributed by atoms with E-state index in [1.807, 2.05) is 18.7 Å². The van der Waals surface area contributed by atoms with E-state index < -0.39 is 0 Å². The van der Waals surface area contributed by atoms with E-state index in [0.29, 0.717) is 5.88 Å². The lowest BCUT2D eigenvalue weighted by Gasteiger charge is -2.27. The van der Waals surface area contributed by atoms with Crippen molar-refractivity contribution in [3.63, 3.8) is 0 Å². The van der Waals surface area contributed by atoms with Crippen LogP contribution in [0.15, 0.2) is 0 Å². The fraction of sp³-hybridized carbons (Fsp3) is 0.733. The molecule has 0 saturated heterocycles. The van der Waals surface area contributed by atoms with Gasteiger partial charge in [0.05, 0.1) is 11.6 Å². The summed E-state index contributed by atoms with van der Waals surface area (Å²) in [6, 6.07) is 0. The Hall–Kier alpha value is -1.03. The number of hydrogen-bond donors (Lipinski definition) is 0. The van der Waals surface area contributed by atoms with Crippen LogP contribution >= 0.6 is 11.6 Å². The Balaban J connectivity index is 1.96. The van der Waals surface area contributed by atoms with E-state index >= 15 is 0 Å². The molecule has 2 aromatic heterocycles. The highest BCUT2D eigenvalue weighted by molar-refractivity contribution is 6.16. The third kappa shape index (κ3) is 2.34. The van der Waals surface area contributed by atoms with Crippen LogP contribution < -0.4 is 0 Å². The molecule has 0 bridgehead atoms. The number of rotatable bonds is 3. The molecule has 2 unspecified atom stereocenters. The summed E-state index contributed by atoms with van der Waals surface area (Å²) in [7, 11) is 2.00. The van der Waals surface area contributed by atoms with Crippen LogP contribution in [0.3, 0.4) is 0 Å². The third-order valence-electron chi connectivity index (χ3n) is 4.57. The zero-order valence-electron chi connectivity index (χ0n) is 12.6. The van der Waals surface area contributed by atoms with Gasteiger partial charge in [-0.25, -0.2) is 4.98 Å².